The normalized spacial score (nSPS) is 9.95. The van der Waals surface area contributed by atoms with E-state index >= 15 is 0 Å². The number of hydrogen-bond acceptors (Lipinski definition) is 4. The monoisotopic (exact) mass is 288 g/mol. The Bertz CT molecular complexity index is 675. The fraction of sp³-hybridized carbons (Fsp3) is 0.286. The van der Waals surface area contributed by atoms with Crippen LogP contribution >= 0.6 is 11.3 Å². The number of nitrogens with two attached hydrogens (primary N) is 1. The molecule has 6 heteroatoms. The van der Waals surface area contributed by atoms with Crippen molar-refractivity contribution in [2.75, 3.05) is 6.54 Å². The highest BCUT2D eigenvalue weighted by Crippen LogP contribution is 2.20. The summed E-state index contributed by atoms with van der Waals surface area (Å²) < 4.78 is 1.71. The molecule has 0 aliphatic rings. The van der Waals surface area contributed by atoms with Gasteiger partial charge in [0, 0.05) is 13.2 Å². The average Bonchev–Trinajstić information content (AvgIpc) is 3.00. The fourth-order valence-electron chi connectivity index (χ4n) is 1.66. The van der Waals surface area contributed by atoms with Crippen LogP contribution in [0.25, 0.3) is 0 Å². The molecule has 0 bridgehead atoms. The third-order valence-corrected chi connectivity index (χ3v) is 3.80. The Balaban J connectivity index is 2.02. The highest BCUT2D eigenvalue weighted by atomic mass is 32.1. The third kappa shape index (κ3) is 3.47. The molecule has 104 valence electrons. The molecule has 0 aliphatic heterocycles. The molecule has 0 aromatic carbocycles. The predicted molar refractivity (Wildman–Crippen MR) is 79.4 cm³/mol. The predicted octanol–water partition coefficient (Wildman–Crippen LogP) is 1.03. The summed E-state index contributed by atoms with van der Waals surface area (Å²) in [6, 6.07) is 3.72. The van der Waals surface area contributed by atoms with Crippen LogP contribution in [0.2, 0.25) is 0 Å². The lowest BCUT2D eigenvalue weighted by Crippen LogP contribution is -2.22. The molecule has 0 saturated heterocycles. The summed E-state index contributed by atoms with van der Waals surface area (Å²) in [5.41, 5.74) is 7.18. The van der Waals surface area contributed by atoms with Gasteiger partial charge in [0.25, 0.3) is 5.91 Å². The molecule has 0 atom stereocenters. The van der Waals surface area contributed by atoms with Crippen LogP contribution in [-0.4, -0.2) is 22.2 Å². The maximum absolute atomic E-state index is 12.1. The van der Waals surface area contributed by atoms with Crippen molar-refractivity contribution in [2.45, 2.75) is 13.5 Å². The van der Waals surface area contributed by atoms with Crippen LogP contribution in [0.4, 0.5) is 0 Å². The number of carbonyl (C=O) groups excluding carboxylic acids is 1. The molecule has 3 N–H and O–H groups in total. The van der Waals surface area contributed by atoms with Gasteiger partial charge in [0.05, 0.1) is 28.5 Å². The first-order valence-corrected chi connectivity index (χ1v) is 6.98. The molecular weight excluding hydrogens is 272 g/mol. The zero-order valence-electron chi connectivity index (χ0n) is 11.4. The summed E-state index contributed by atoms with van der Waals surface area (Å²) in [5, 5.41) is 7.06. The Hall–Kier alpha value is -2.10. The first kappa shape index (κ1) is 14.3. The van der Waals surface area contributed by atoms with Crippen molar-refractivity contribution in [2.24, 2.45) is 12.8 Å². The van der Waals surface area contributed by atoms with E-state index in [1.807, 2.05) is 32.3 Å². The fourth-order valence-corrected chi connectivity index (χ4v) is 2.63. The van der Waals surface area contributed by atoms with Crippen molar-refractivity contribution < 1.29 is 4.79 Å². The van der Waals surface area contributed by atoms with Crippen LogP contribution in [0.5, 0.6) is 0 Å². The van der Waals surface area contributed by atoms with Gasteiger partial charge < -0.3 is 11.1 Å². The van der Waals surface area contributed by atoms with Gasteiger partial charge >= 0.3 is 0 Å². The highest BCUT2D eigenvalue weighted by Gasteiger charge is 2.11. The minimum absolute atomic E-state index is 0.107. The minimum Gasteiger partial charge on any atom is -0.346 e. The molecule has 0 radical (unpaired) electrons. The second kappa shape index (κ2) is 6.37. The number of thiophene rings is 1. The largest absolute Gasteiger partial charge is 0.346 e. The van der Waals surface area contributed by atoms with E-state index in [0.29, 0.717) is 18.0 Å². The molecule has 0 fully saturated rings. The van der Waals surface area contributed by atoms with Crippen molar-refractivity contribution in [3.05, 3.63) is 39.3 Å². The summed E-state index contributed by atoms with van der Waals surface area (Å²) in [7, 11) is 1.84. The summed E-state index contributed by atoms with van der Waals surface area (Å²) in [4.78, 5) is 13.6. The number of hydrogen-bond donors (Lipinski definition) is 2. The summed E-state index contributed by atoms with van der Waals surface area (Å²) in [6.07, 6.45) is 1.84. The average molecular weight is 288 g/mol. The van der Waals surface area contributed by atoms with E-state index in [9.17, 15) is 4.79 Å². The van der Waals surface area contributed by atoms with Crippen molar-refractivity contribution in [1.82, 2.24) is 15.1 Å². The van der Waals surface area contributed by atoms with E-state index in [-0.39, 0.29) is 5.91 Å². The van der Waals surface area contributed by atoms with Crippen molar-refractivity contribution in [3.8, 4) is 11.8 Å². The quantitative estimate of drug-likeness (QED) is 0.829. The molecule has 2 aromatic rings. The van der Waals surface area contributed by atoms with E-state index < -0.39 is 0 Å². The molecule has 1 amide bonds. The van der Waals surface area contributed by atoms with Gasteiger partial charge in [-0.05, 0) is 24.6 Å². The Labute approximate surface area is 121 Å². The number of carbonyl (C=O) groups is 1. The van der Waals surface area contributed by atoms with Gasteiger partial charge in [-0.3, -0.25) is 9.48 Å². The van der Waals surface area contributed by atoms with E-state index in [2.05, 4.69) is 22.3 Å². The molecule has 0 unspecified atom stereocenters. The molecule has 2 heterocycles. The molecule has 0 spiro atoms. The van der Waals surface area contributed by atoms with Gasteiger partial charge in [0.15, 0.2) is 0 Å². The number of aryl methyl sites for hydroxylation is 2. The maximum atomic E-state index is 12.1. The molecule has 2 aromatic heterocycles. The smallest absolute Gasteiger partial charge is 0.261 e. The molecule has 0 aliphatic carbocycles. The van der Waals surface area contributed by atoms with Crippen LogP contribution in [0.15, 0.2) is 18.3 Å². The molecule has 0 saturated carbocycles. The van der Waals surface area contributed by atoms with Crippen LogP contribution < -0.4 is 11.1 Å². The standard InChI is InChI=1S/C14H16N4OS/c1-10-8-13(20-12(10)4-3-6-15)14(19)16-9-11-5-7-18(2)17-11/h5,7-8H,6,9,15H2,1-2H3,(H,16,19). The van der Waals surface area contributed by atoms with Crippen molar-refractivity contribution >= 4 is 17.2 Å². The van der Waals surface area contributed by atoms with Gasteiger partial charge in [-0.1, -0.05) is 11.8 Å². The number of rotatable bonds is 3. The number of nitrogens with one attached hydrogen (secondary N) is 1. The van der Waals surface area contributed by atoms with Crippen LogP contribution in [-0.2, 0) is 13.6 Å². The summed E-state index contributed by atoms with van der Waals surface area (Å²) in [6.45, 7) is 2.67. The first-order valence-electron chi connectivity index (χ1n) is 6.16. The lowest BCUT2D eigenvalue weighted by atomic mass is 10.2. The van der Waals surface area contributed by atoms with E-state index in [1.165, 1.54) is 11.3 Å². The Morgan fingerprint density at radius 2 is 2.40 bits per heavy atom. The van der Waals surface area contributed by atoms with Crippen molar-refractivity contribution in [3.63, 3.8) is 0 Å². The zero-order chi connectivity index (χ0) is 14.5. The lowest BCUT2D eigenvalue weighted by Gasteiger charge is -2.00. The SMILES string of the molecule is Cc1cc(C(=O)NCc2ccn(C)n2)sc1C#CCN. The first-order chi connectivity index (χ1) is 9.60. The second-order valence-electron chi connectivity index (χ2n) is 4.29. The topological polar surface area (TPSA) is 72.9 Å². The Morgan fingerprint density at radius 1 is 1.60 bits per heavy atom. The maximum Gasteiger partial charge on any atom is 0.261 e. The zero-order valence-corrected chi connectivity index (χ0v) is 12.3. The van der Waals surface area contributed by atoms with Gasteiger partial charge in [0.1, 0.15) is 0 Å². The summed E-state index contributed by atoms with van der Waals surface area (Å²) >= 11 is 1.38. The van der Waals surface area contributed by atoms with Gasteiger partial charge in [-0.15, -0.1) is 11.3 Å². The van der Waals surface area contributed by atoms with Crippen LogP contribution in [0, 0.1) is 18.8 Å². The van der Waals surface area contributed by atoms with Gasteiger partial charge in [-0.2, -0.15) is 5.10 Å². The van der Waals surface area contributed by atoms with E-state index in [0.717, 1.165) is 16.1 Å². The number of nitrogens with zero attached hydrogens (tertiary/aromatic N) is 2. The number of amides is 1. The van der Waals surface area contributed by atoms with Gasteiger partial charge in [0.2, 0.25) is 0 Å². The van der Waals surface area contributed by atoms with Crippen LogP contribution in [0.3, 0.4) is 0 Å². The Morgan fingerprint density at radius 3 is 3.05 bits per heavy atom. The van der Waals surface area contributed by atoms with Gasteiger partial charge in [-0.25, -0.2) is 0 Å². The van der Waals surface area contributed by atoms with E-state index in [1.54, 1.807) is 4.68 Å². The molecule has 20 heavy (non-hydrogen) atoms. The number of aromatic nitrogens is 2. The van der Waals surface area contributed by atoms with E-state index in [4.69, 9.17) is 5.73 Å². The third-order valence-electron chi connectivity index (χ3n) is 2.64. The minimum atomic E-state index is -0.107. The molecule has 5 nitrogen and oxygen atoms in total. The lowest BCUT2D eigenvalue weighted by molar-refractivity contribution is 0.0954. The summed E-state index contributed by atoms with van der Waals surface area (Å²) in [5.74, 6) is 5.67. The van der Waals surface area contributed by atoms with Crippen molar-refractivity contribution in [1.29, 1.82) is 0 Å². The Kier molecular flexibility index (Phi) is 4.56. The molecular formula is C14H16N4OS. The highest BCUT2D eigenvalue weighted by molar-refractivity contribution is 7.14. The molecule has 2 rings (SSSR count). The second-order valence-corrected chi connectivity index (χ2v) is 5.34. The van der Waals surface area contributed by atoms with Crippen LogP contribution in [0.1, 0.15) is 25.8 Å².